The second-order valence-corrected chi connectivity index (χ2v) is 5.53. The molecule has 0 unspecified atom stereocenters. The number of nitrogens with zero attached hydrogens (tertiary/aromatic N) is 1. The van der Waals surface area contributed by atoms with Gasteiger partial charge in [-0.25, -0.2) is 9.18 Å². The van der Waals surface area contributed by atoms with Crippen molar-refractivity contribution in [3.63, 3.8) is 0 Å². The van der Waals surface area contributed by atoms with Gasteiger partial charge >= 0.3 is 5.97 Å². The Balaban J connectivity index is 1.75. The topological polar surface area (TPSA) is 40.5 Å². The zero-order valence-electron chi connectivity index (χ0n) is 10.2. The Bertz CT molecular complexity index is 487. The molecule has 1 aromatic carbocycles. The standard InChI is InChI=1S/C14H16FNO2/c15-12-7-10(3-4-11(12)13(17)18)16-8-14(9-16)5-1-2-6-14/h3-4,7H,1-2,5-6,8-9H2,(H,17,18). The molecule has 1 saturated carbocycles. The number of carboxylic acid groups (broad SMARTS) is 1. The predicted molar refractivity (Wildman–Crippen MR) is 66.5 cm³/mol. The third kappa shape index (κ3) is 1.76. The number of hydrogen-bond acceptors (Lipinski definition) is 2. The van der Waals surface area contributed by atoms with E-state index in [1.54, 1.807) is 6.07 Å². The van der Waals surface area contributed by atoms with Crippen molar-refractivity contribution in [1.82, 2.24) is 0 Å². The maximum absolute atomic E-state index is 13.6. The van der Waals surface area contributed by atoms with Crippen LogP contribution in [0.1, 0.15) is 36.0 Å². The van der Waals surface area contributed by atoms with Gasteiger partial charge in [-0.1, -0.05) is 12.8 Å². The molecular weight excluding hydrogens is 233 g/mol. The third-order valence-corrected chi connectivity index (χ3v) is 4.26. The van der Waals surface area contributed by atoms with Crippen LogP contribution < -0.4 is 4.90 Å². The van der Waals surface area contributed by atoms with Gasteiger partial charge in [0.15, 0.2) is 0 Å². The van der Waals surface area contributed by atoms with Crippen LogP contribution >= 0.6 is 0 Å². The molecule has 18 heavy (non-hydrogen) atoms. The van der Waals surface area contributed by atoms with Crippen molar-refractivity contribution in [2.45, 2.75) is 25.7 Å². The van der Waals surface area contributed by atoms with Crippen LogP contribution in [0, 0.1) is 11.2 Å². The Hall–Kier alpha value is -1.58. The van der Waals surface area contributed by atoms with Crippen molar-refractivity contribution in [3.05, 3.63) is 29.6 Å². The Morgan fingerprint density at radius 2 is 1.94 bits per heavy atom. The summed E-state index contributed by atoms with van der Waals surface area (Å²) in [5, 5.41) is 8.78. The number of rotatable bonds is 2. The summed E-state index contributed by atoms with van der Waals surface area (Å²) in [7, 11) is 0. The first-order valence-corrected chi connectivity index (χ1v) is 6.38. The molecular formula is C14H16FNO2. The van der Waals surface area contributed by atoms with Crippen molar-refractivity contribution in [3.8, 4) is 0 Å². The van der Waals surface area contributed by atoms with Gasteiger partial charge in [-0.2, -0.15) is 0 Å². The van der Waals surface area contributed by atoms with Crippen LogP contribution in [-0.4, -0.2) is 24.2 Å². The second kappa shape index (κ2) is 3.97. The van der Waals surface area contributed by atoms with Gasteiger partial charge in [0.25, 0.3) is 0 Å². The van der Waals surface area contributed by atoms with E-state index in [0.717, 1.165) is 18.8 Å². The number of carbonyl (C=O) groups is 1. The minimum absolute atomic E-state index is 0.255. The van der Waals surface area contributed by atoms with Crippen LogP contribution in [0.3, 0.4) is 0 Å². The number of halogens is 1. The zero-order valence-corrected chi connectivity index (χ0v) is 10.2. The summed E-state index contributed by atoms with van der Waals surface area (Å²) in [6, 6.07) is 4.40. The van der Waals surface area contributed by atoms with Gasteiger partial charge in [0, 0.05) is 24.2 Å². The summed E-state index contributed by atoms with van der Waals surface area (Å²) in [5.74, 6) is -1.86. The fraction of sp³-hybridized carbons (Fsp3) is 0.500. The number of hydrogen-bond donors (Lipinski definition) is 1. The Labute approximate surface area is 105 Å². The van der Waals surface area contributed by atoms with E-state index in [1.807, 2.05) is 0 Å². The van der Waals surface area contributed by atoms with Gasteiger partial charge in [0.2, 0.25) is 0 Å². The predicted octanol–water partition coefficient (Wildman–Crippen LogP) is 2.90. The van der Waals surface area contributed by atoms with E-state index in [2.05, 4.69) is 4.90 Å². The number of carboxylic acids is 1. The summed E-state index contributed by atoms with van der Waals surface area (Å²) in [6.45, 7) is 1.97. The van der Waals surface area contributed by atoms with E-state index in [-0.39, 0.29) is 5.56 Å². The molecule has 0 bridgehead atoms. The molecule has 1 heterocycles. The van der Waals surface area contributed by atoms with Gasteiger partial charge < -0.3 is 10.0 Å². The van der Waals surface area contributed by atoms with E-state index >= 15 is 0 Å². The highest BCUT2D eigenvalue weighted by molar-refractivity contribution is 5.88. The normalized spacial score (nSPS) is 21.1. The molecule has 4 heteroatoms. The maximum Gasteiger partial charge on any atom is 0.338 e. The molecule has 1 aliphatic heterocycles. The van der Waals surface area contributed by atoms with Crippen molar-refractivity contribution >= 4 is 11.7 Å². The summed E-state index contributed by atoms with van der Waals surface area (Å²) in [5.41, 5.74) is 1.01. The van der Waals surface area contributed by atoms with E-state index in [4.69, 9.17) is 5.11 Å². The van der Waals surface area contributed by atoms with Gasteiger partial charge in [-0.3, -0.25) is 0 Å². The minimum atomic E-state index is -1.21. The highest BCUT2D eigenvalue weighted by Gasteiger charge is 2.44. The van der Waals surface area contributed by atoms with Gasteiger partial charge in [0.1, 0.15) is 5.82 Å². The molecule has 0 amide bonds. The quantitative estimate of drug-likeness (QED) is 0.876. The number of benzene rings is 1. The molecule has 0 atom stereocenters. The third-order valence-electron chi connectivity index (χ3n) is 4.26. The number of aromatic carboxylic acids is 1. The monoisotopic (exact) mass is 249 g/mol. The lowest BCUT2D eigenvalue weighted by Crippen LogP contribution is -2.55. The van der Waals surface area contributed by atoms with Crippen LogP contribution in [0.15, 0.2) is 18.2 Å². The first-order valence-electron chi connectivity index (χ1n) is 6.38. The molecule has 3 rings (SSSR count). The molecule has 1 aromatic rings. The van der Waals surface area contributed by atoms with E-state index in [1.165, 1.54) is 37.8 Å². The summed E-state index contributed by atoms with van der Waals surface area (Å²) >= 11 is 0. The SMILES string of the molecule is O=C(O)c1ccc(N2CC3(CCCC3)C2)cc1F. The molecule has 96 valence electrons. The summed E-state index contributed by atoms with van der Waals surface area (Å²) < 4.78 is 13.6. The number of anilines is 1. The fourth-order valence-electron chi connectivity index (χ4n) is 3.26. The smallest absolute Gasteiger partial charge is 0.338 e. The van der Waals surface area contributed by atoms with Gasteiger partial charge in [0.05, 0.1) is 5.56 Å². The van der Waals surface area contributed by atoms with Crippen LogP contribution in [0.25, 0.3) is 0 Å². The van der Waals surface area contributed by atoms with Crippen molar-refractivity contribution in [2.24, 2.45) is 5.41 Å². The van der Waals surface area contributed by atoms with Gasteiger partial charge in [-0.15, -0.1) is 0 Å². The Morgan fingerprint density at radius 1 is 1.28 bits per heavy atom. The van der Waals surface area contributed by atoms with Crippen LogP contribution in [0.4, 0.5) is 10.1 Å². The van der Waals surface area contributed by atoms with Crippen molar-refractivity contribution in [2.75, 3.05) is 18.0 Å². The Morgan fingerprint density at radius 3 is 2.50 bits per heavy atom. The first-order chi connectivity index (χ1) is 8.60. The summed E-state index contributed by atoms with van der Waals surface area (Å²) in [4.78, 5) is 12.9. The Kier molecular flexibility index (Phi) is 2.54. The molecule has 2 aliphatic rings. The first kappa shape index (κ1) is 11.5. The highest BCUT2D eigenvalue weighted by Crippen LogP contribution is 2.46. The van der Waals surface area contributed by atoms with Crippen molar-refractivity contribution in [1.29, 1.82) is 0 Å². The fourth-order valence-corrected chi connectivity index (χ4v) is 3.26. The van der Waals surface area contributed by atoms with Crippen LogP contribution in [0.2, 0.25) is 0 Å². The molecule has 1 aliphatic carbocycles. The largest absolute Gasteiger partial charge is 0.478 e. The van der Waals surface area contributed by atoms with Crippen LogP contribution in [-0.2, 0) is 0 Å². The molecule has 2 fully saturated rings. The average Bonchev–Trinajstić information content (AvgIpc) is 2.75. The molecule has 1 N–H and O–H groups in total. The molecule has 1 spiro atoms. The molecule has 3 nitrogen and oxygen atoms in total. The molecule has 0 aromatic heterocycles. The highest BCUT2D eigenvalue weighted by atomic mass is 19.1. The zero-order chi connectivity index (χ0) is 12.8. The maximum atomic E-state index is 13.6. The van der Waals surface area contributed by atoms with Crippen molar-refractivity contribution < 1.29 is 14.3 Å². The van der Waals surface area contributed by atoms with Crippen LogP contribution in [0.5, 0.6) is 0 Å². The second-order valence-electron chi connectivity index (χ2n) is 5.53. The lowest BCUT2D eigenvalue weighted by molar-refractivity contribution is 0.0692. The van der Waals surface area contributed by atoms with Gasteiger partial charge in [-0.05, 0) is 31.0 Å². The molecule has 0 radical (unpaired) electrons. The van der Waals surface area contributed by atoms with E-state index < -0.39 is 11.8 Å². The lowest BCUT2D eigenvalue weighted by atomic mass is 9.78. The lowest BCUT2D eigenvalue weighted by Gasteiger charge is -2.49. The summed E-state index contributed by atoms with van der Waals surface area (Å²) in [6.07, 6.45) is 5.17. The minimum Gasteiger partial charge on any atom is -0.478 e. The molecule has 1 saturated heterocycles. The van der Waals surface area contributed by atoms with E-state index in [9.17, 15) is 9.18 Å². The average molecular weight is 249 g/mol. The van der Waals surface area contributed by atoms with E-state index in [0.29, 0.717) is 5.41 Å².